The molecule has 0 aliphatic heterocycles. The number of H-pyrrole nitrogens is 1. The van der Waals surface area contributed by atoms with Crippen LogP contribution in [0.2, 0.25) is 0 Å². The summed E-state index contributed by atoms with van der Waals surface area (Å²) in [6.45, 7) is 1.27. The van der Waals surface area contributed by atoms with E-state index in [9.17, 15) is 19.5 Å². The van der Waals surface area contributed by atoms with Crippen LogP contribution in [0.5, 0.6) is 0 Å². The number of nitrogens with one attached hydrogen (secondary N) is 2. The van der Waals surface area contributed by atoms with E-state index in [1.54, 1.807) is 25.2 Å². The highest BCUT2D eigenvalue weighted by molar-refractivity contribution is 6.02. The molecule has 2 heterocycles. The maximum Gasteiger partial charge on any atom is 0.371 e. The van der Waals surface area contributed by atoms with Gasteiger partial charge >= 0.3 is 5.97 Å². The van der Waals surface area contributed by atoms with Gasteiger partial charge in [0.05, 0.1) is 18.2 Å². The molecule has 3 aromatic rings. The lowest BCUT2D eigenvalue weighted by atomic mass is 10.0. The van der Waals surface area contributed by atoms with Crippen molar-refractivity contribution in [1.29, 1.82) is 0 Å². The molecular formula is C21H26N2O10. The van der Waals surface area contributed by atoms with Crippen LogP contribution in [0.25, 0.3) is 21.9 Å². The zero-order valence-electron chi connectivity index (χ0n) is 17.8. The highest BCUT2D eigenvalue weighted by Gasteiger charge is 2.29. The second-order valence-electron chi connectivity index (χ2n) is 7.34. The highest BCUT2D eigenvalue weighted by Crippen LogP contribution is 2.21. The van der Waals surface area contributed by atoms with Crippen LogP contribution in [0, 0.1) is 6.92 Å². The number of aliphatic hydroxyl groups is 5. The minimum absolute atomic E-state index is 0.00245. The molecule has 180 valence electrons. The van der Waals surface area contributed by atoms with Crippen molar-refractivity contribution in [3.05, 3.63) is 56.2 Å². The van der Waals surface area contributed by atoms with Crippen LogP contribution in [-0.2, 0) is 0 Å². The lowest BCUT2D eigenvalue weighted by molar-refractivity contribution is -0.113. The van der Waals surface area contributed by atoms with Crippen molar-refractivity contribution in [3.63, 3.8) is 0 Å². The molecule has 1 aromatic carbocycles. The van der Waals surface area contributed by atoms with Gasteiger partial charge in [-0.3, -0.25) is 9.59 Å². The van der Waals surface area contributed by atoms with Gasteiger partial charge in [0.2, 0.25) is 5.76 Å². The fourth-order valence-electron chi connectivity index (χ4n) is 3.04. The van der Waals surface area contributed by atoms with Crippen LogP contribution in [0.4, 0.5) is 0 Å². The van der Waals surface area contributed by atoms with E-state index in [4.69, 9.17) is 29.9 Å². The van der Waals surface area contributed by atoms with Crippen molar-refractivity contribution in [2.75, 3.05) is 20.2 Å². The number of fused-ring (bicyclic) bond motifs is 3. The van der Waals surface area contributed by atoms with Gasteiger partial charge in [0.15, 0.2) is 11.0 Å². The molecule has 0 unspecified atom stereocenters. The predicted octanol–water partition coefficient (Wildman–Crippen LogP) is -1.72. The van der Waals surface area contributed by atoms with Crippen LogP contribution < -0.4 is 16.3 Å². The number of carbonyl (C=O) groups is 1. The molecule has 0 bridgehead atoms. The Morgan fingerprint density at radius 2 is 1.73 bits per heavy atom. The third-order valence-corrected chi connectivity index (χ3v) is 4.79. The number of aromatic nitrogens is 1. The first-order chi connectivity index (χ1) is 15.5. The Morgan fingerprint density at radius 3 is 2.30 bits per heavy atom. The lowest BCUT2D eigenvalue weighted by Gasteiger charge is -2.25. The minimum Gasteiger partial charge on any atom is -0.475 e. The summed E-state index contributed by atoms with van der Waals surface area (Å²) in [4.78, 5) is 37.4. The monoisotopic (exact) mass is 466 g/mol. The molecule has 3 rings (SSSR count). The number of aromatic amines is 1. The number of aryl methyl sites for hydroxylation is 1. The number of aliphatic hydroxyl groups excluding tert-OH is 5. The second kappa shape index (κ2) is 11.1. The first kappa shape index (κ1) is 26.1. The summed E-state index contributed by atoms with van der Waals surface area (Å²) in [6, 6.07) is 6.01. The Bertz CT molecular complexity index is 1240. The van der Waals surface area contributed by atoms with Gasteiger partial charge < -0.3 is 45.4 Å². The van der Waals surface area contributed by atoms with Gasteiger partial charge in [-0.25, -0.2) is 4.79 Å². The largest absolute Gasteiger partial charge is 0.475 e. The second-order valence-corrected chi connectivity index (χ2v) is 7.34. The van der Waals surface area contributed by atoms with Crippen molar-refractivity contribution in [3.8, 4) is 0 Å². The Morgan fingerprint density at radius 1 is 1.09 bits per heavy atom. The van der Waals surface area contributed by atoms with Crippen molar-refractivity contribution < 1.29 is 39.9 Å². The van der Waals surface area contributed by atoms with Crippen molar-refractivity contribution in [2.45, 2.75) is 31.3 Å². The number of likely N-dealkylation sites (N-methyl/N-ethyl adjacent to an activating group) is 1. The smallest absolute Gasteiger partial charge is 0.371 e. The molecule has 0 radical (unpaired) electrons. The molecule has 0 amide bonds. The topological polar surface area (TPSA) is 214 Å². The van der Waals surface area contributed by atoms with Gasteiger partial charge in [-0.1, -0.05) is 11.6 Å². The van der Waals surface area contributed by atoms with Crippen LogP contribution in [-0.4, -0.2) is 86.2 Å². The molecule has 0 spiro atoms. The molecule has 0 aliphatic rings. The molecule has 0 saturated heterocycles. The van der Waals surface area contributed by atoms with Gasteiger partial charge in [-0.15, -0.1) is 0 Å². The van der Waals surface area contributed by atoms with Crippen molar-refractivity contribution >= 4 is 27.8 Å². The lowest BCUT2D eigenvalue weighted by Crippen LogP contribution is -2.48. The summed E-state index contributed by atoms with van der Waals surface area (Å²) < 4.78 is 5.23. The molecule has 2 aromatic heterocycles. The highest BCUT2D eigenvalue weighted by atomic mass is 16.4. The first-order valence-corrected chi connectivity index (χ1v) is 9.83. The number of carboxylic acid groups (broad SMARTS) is 1. The van der Waals surface area contributed by atoms with Gasteiger partial charge in [0, 0.05) is 18.0 Å². The Labute approximate surface area is 186 Å². The third kappa shape index (κ3) is 6.01. The van der Waals surface area contributed by atoms with Gasteiger partial charge in [0.1, 0.15) is 23.7 Å². The number of pyridine rings is 1. The molecule has 4 atom stereocenters. The van der Waals surface area contributed by atoms with Crippen LogP contribution in [0.1, 0.15) is 16.1 Å². The SMILES string of the molecule is CNC[C@H](O)[C@@H](O)[C@H](O)[C@H](O)CO.Cc1ccc2[nH]c(=O)c3c(=O)cc(C(=O)O)oc3c2c1. The van der Waals surface area contributed by atoms with Gasteiger partial charge in [-0.05, 0) is 26.1 Å². The Hall–Kier alpha value is -3.13. The molecule has 12 heteroatoms. The fourth-order valence-corrected chi connectivity index (χ4v) is 3.04. The van der Waals surface area contributed by atoms with E-state index < -0.39 is 53.7 Å². The number of rotatable bonds is 7. The predicted molar refractivity (Wildman–Crippen MR) is 117 cm³/mol. The average Bonchev–Trinajstić information content (AvgIpc) is 2.78. The quantitative estimate of drug-likeness (QED) is 0.183. The van der Waals surface area contributed by atoms with Crippen LogP contribution in [0.3, 0.4) is 0 Å². The minimum atomic E-state index is -1.55. The van der Waals surface area contributed by atoms with E-state index in [0.717, 1.165) is 11.6 Å². The van der Waals surface area contributed by atoms with E-state index in [-0.39, 0.29) is 17.5 Å². The van der Waals surface area contributed by atoms with Crippen molar-refractivity contribution in [1.82, 2.24) is 10.3 Å². The molecule has 0 saturated carbocycles. The molecular weight excluding hydrogens is 440 g/mol. The fraction of sp³-hybridized carbons (Fsp3) is 0.381. The number of hydrogen-bond donors (Lipinski definition) is 8. The standard InChI is InChI=1S/C14H9NO5.C7H17NO5/c1-6-2-3-8-7(4-6)12-11(13(17)15-8)9(16)5-10(20-12)14(18)19;1-8-2-4(10)6(12)7(13)5(11)3-9/h2-5H,1H3,(H,15,17)(H,18,19);4-13H,2-3H2,1H3/t;4-,5+,6+,7+/m.0/s1. The zero-order valence-corrected chi connectivity index (χ0v) is 17.8. The molecule has 12 nitrogen and oxygen atoms in total. The molecule has 0 fully saturated rings. The van der Waals surface area contributed by atoms with E-state index in [1.165, 1.54) is 0 Å². The number of carboxylic acids is 1. The summed E-state index contributed by atoms with van der Waals surface area (Å²) in [6.07, 6.45) is -5.65. The number of hydrogen-bond acceptors (Lipinski definition) is 10. The van der Waals surface area contributed by atoms with E-state index >= 15 is 0 Å². The normalized spacial score (nSPS) is 14.9. The Kier molecular flexibility index (Phi) is 8.82. The summed E-state index contributed by atoms with van der Waals surface area (Å²) in [5.74, 6) is -1.85. The van der Waals surface area contributed by atoms with E-state index in [2.05, 4.69) is 10.3 Å². The number of benzene rings is 1. The maximum atomic E-state index is 11.9. The Balaban J connectivity index is 0.000000260. The van der Waals surface area contributed by atoms with Crippen LogP contribution in [0.15, 0.2) is 38.3 Å². The first-order valence-electron chi connectivity index (χ1n) is 9.83. The molecule has 0 aliphatic carbocycles. The molecule has 33 heavy (non-hydrogen) atoms. The van der Waals surface area contributed by atoms with Crippen LogP contribution >= 0.6 is 0 Å². The summed E-state index contributed by atoms with van der Waals surface area (Å²) in [5.41, 5.74) is 0.112. The van der Waals surface area contributed by atoms with Gasteiger partial charge in [0.25, 0.3) is 5.56 Å². The molecule has 8 N–H and O–H groups in total. The third-order valence-electron chi connectivity index (χ3n) is 4.79. The summed E-state index contributed by atoms with van der Waals surface area (Å²) in [7, 11) is 1.57. The summed E-state index contributed by atoms with van der Waals surface area (Å²) in [5, 5.41) is 56.7. The average molecular weight is 466 g/mol. The summed E-state index contributed by atoms with van der Waals surface area (Å²) >= 11 is 0. The van der Waals surface area contributed by atoms with E-state index in [1.807, 2.05) is 6.92 Å². The van der Waals surface area contributed by atoms with Gasteiger partial charge in [-0.2, -0.15) is 0 Å². The maximum absolute atomic E-state index is 11.9. The number of aromatic carboxylic acids is 1. The zero-order chi connectivity index (χ0) is 24.9. The van der Waals surface area contributed by atoms with E-state index in [0.29, 0.717) is 10.9 Å². The van der Waals surface area contributed by atoms with Crippen molar-refractivity contribution in [2.24, 2.45) is 0 Å².